The summed E-state index contributed by atoms with van der Waals surface area (Å²) in [4.78, 5) is 29.3. The summed E-state index contributed by atoms with van der Waals surface area (Å²) in [6.07, 6.45) is 1.36. The van der Waals surface area contributed by atoms with Gasteiger partial charge in [-0.15, -0.1) is 0 Å². The molecule has 0 spiro atoms. The van der Waals surface area contributed by atoms with Gasteiger partial charge in [-0.05, 0) is 6.92 Å². The minimum Gasteiger partial charge on any atom is -0.462 e. The van der Waals surface area contributed by atoms with Crippen molar-refractivity contribution in [1.29, 1.82) is 0 Å². The molecule has 8 nitrogen and oxygen atoms in total. The first-order valence-electron chi connectivity index (χ1n) is 7.69. The second-order valence-electron chi connectivity index (χ2n) is 5.27. The van der Waals surface area contributed by atoms with Crippen molar-refractivity contribution in [3.63, 3.8) is 0 Å². The quantitative estimate of drug-likeness (QED) is 0.481. The van der Waals surface area contributed by atoms with Crippen molar-refractivity contribution in [3.05, 3.63) is 40.1 Å². The number of aromatic nitrogens is 1. The average molecular weight is 331 g/mol. The van der Waals surface area contributed by atoms with E-state index in [4.69, 9.17) is 9.47 Å². The number of benzene rings is 1. The highest BCUT2D eigenvalue weighted by Gasteiger charge is 2.25. The van der Waals surface area contributed by atoms with Crippen LogP contribution < -0.4 is 4.90 Å². The molecule has 0 radical (unpaired) electrons. The number of carbonyl (C=O) groups is 1. The Labute approximate surface area is 138 Å². The van der Waals surface area contributed by atoms with Gasteiger partial charge in [0.25, 0.3) is 5.69 Å². The summed E-state index contributed by atoms with van der Waals surface area (Å²) in [6.45, 7) is 4.21. The standard InChI is InChI=1S/C16H17N3O5/c1-2-24-16(20)12-10-17-14-11(4-3-5-13(14)19(21)22)15(12)18-6-8-23-9-7-18/h3-5,10H,2,6-9H2,1H3. The number of para-hydroxylation sites is 1. The maximum atomic E-state index is 12.3. The lowest BCUT2D eigenvalue weighted by molar-refractivity contribution is -0.383. The average Bonchev–Trinajstić information content (AvgIpc) is 2.61. The topological polar surface area (TPSA) is 94.8 Å². The highest BCUT2D eigenvalue weighted by molar-refractivity contribution is 6.07. The van der Waals surface area contributed by atoms with E-state index in [-0.39, 0.29) is 17.8 Å². The van der Waals surface area contributed by atoms with Crippen LogP contribution in [0.3, 0.4) is 0 Å². The third-order valence-electron chi connectivity index (χ3n) is 3.87. The maximum Gasteiger partial charge on any atom is 0.341 e. The van der Waals surface area contributed by atoms with Crippen LogP contribution in [0.25, 0.3) is 10.9 Å². The van der Waals surface area contributed by atoms with E-state index < -0.39 is 10.9 Å². The summed E-state index contributed by atoms with van der Waals surface area (Å²) >= 11 is 0. The van der Waals surface area contributed by atoms with Crippen LogP contribution in [0.15, 0.2) is 24.4 Å². The highest BCUT2D eigenvalue weighted by atomic mass is 16.6. The third-order valence-corrected chi connectivity index (χ3v) is 3.87. The Hall–Kier alpha value is -2.74. The first kappa shape index (κ1) is 16.1. The monoisotopic (exact) mass is 331 g/mol. The largest absolute Gasteiger partial charge is 0.462 e. The van der Waals surface area contributed by atoms with Crippen molar-refractivity contribution < 1.29 is 19.2 Å². The third kappa shape index (κ3) is 2.88. The van der Waals surface area contributed by atoms with Crippen molar-refractivity contribution in [3.8, 4) is 0 Å². The summed E-state index contributed by atoms with van der Waals surface area (Å²) in [6, 6.07) is 4.74. The van der Waals surface area contributed by atoms with E-state index >= 15 is 0 Å². The van der Waals surface area contributed by atoms with Gasteiger partial charge in [-0.3, -0.25) is 10.1 Å². The number of non-ortho nitro benzene ring substituents is 1. The van der Waals surface area contributed by atoms with Gasteiger partial charge in [0, 0.05) is 30.7 Å². The zero-order valence-corrected chi connectivity index (χ0v) is 13.2. The molecular weight excluding hydrogens is 314 g/mol. The smallest absolute Gasteiger partial charge is 0.341 e. The Bertz CT molecular complexity index is 787. The Morgan fingerprint density at radius 3 is 2.83 bits per heavy atom. The Kier molecular flexibility index (Phi) is 4.57. The molecule has 0 atom stereocenters. The molecule has 0 amide bonds. The normalized spacial score (nSPS) is 14.6. The molecule has 1 aliphatic rings. The van der Waals surface area contributed by atoms with Crippen molar-refractivity contribution >= 4 is 28.2 Å². The summed E-state index contributed by atoms with van der Waals surface area (Å²) in [5, 5.41) is 11.8. The van der Waals surface area contributed by atoms with Gasteiger partial charge in [0.2, 0.25) is 0 Å². The van der Waals surface area contributed by atoms with Crippen molar-refractivity contribution in [1.82, 2.24) is 4.98 Å². The number of fused-ring (bicyclic) bond motifs is 1. The van der Waals surface area contributed by atoms with E-state index in [2.05, 4.69) is 4.98 Å². The second kappa shape index (κ2) is 6.79. The number of nitro groups is 1. The first-order valence-corrected chi connectivity index (χ1v) is 7.69. The predicted octanol–water partition coefficient (Wildman–Crippen LogP) is 2.16. The Morgan fingerprint density at radius 2 is 2.17 bits per heavy atom. The van der Waals surface area contributed by atoms with E-state index in [1.54, 1.807) is 19.1 Å². The molecule has 0 bridgehead atoms. The van der Waals surface area contributed by atoms with Crippen molar-refractivity contribution in [2.45, 2.75) is 6.92 Å². The van der Waals surface area contributed by atoms with Crippen LogP contribution in [0.2, 0.25) is 0 Å². The summed E-state index contributed by atoms with van der Waals surface area (Å²) in [5.74, 6) is -0.486. The van der Waals surface area contributed by atoms with Crippen LogP contribution in [0.1, 0.15) is 17.3 Å². The van der Waals surface area contributed by atoms with Crippen LogP contribution in [0, 0.1) is 10.1 Å². The lowest BCUT2D eigenvalue weighted by Gasteiger charge is -2.31. The van der Waals surface area contributed by atoms with Gasteiger partial charge in [0.05, 0.1) is 30.4 Å². The zero-order chi connectivity index (χ0) is 17.1. The lowest BCUT2D eigenvalue weighted by Crippen LogP contribution is -2.37. The predicted molar refractivity (Wildman–Crippen MR) is 87.4 cm³/mol. The number of rotatable bonds is 4. The fraction of sp³-hybridized carbons (Fsp3) is 0.375. The molecule has 126 valence electrons. The number of anilines is 1. The molecule has 2 aromatic rings. The Morgan fingerprint density at radius 1 is 1.42 bits per heavy atom. The van der Waals surface area contributed by atoms with Gasteiger partial charge in [0.15, 0.2) is 0 Å². The molecule has 1 aromatic heterocycles. The van der Waals surface area contributed by atoms with Gasteiger partial charge in [-0.2, -0.15) is 0 Å². The molecule has 3 rings (SSSR count). The molecule has 1 saturated heterocycles. The molecule has 0 unspecified atom stereocenters. The van der Waals surface area contributed by atoms with Crippen LogP contribution in [0.5, 0.6) is 0 Å². The summed E-state index contributed by atoms with van der Waals surface area (Å²) in [7, 11) is 0. The molecule has 24 heavy (non-hydrogen) atoms. The van der Waals surface area contributed by atoms with Crippen molar-refractivity contribution in [2.24, 2.45) is 0 Å². The number of hydrogen-bond acceptors (Lipinski definition) is 7. The van der Waals surface area contributed by atoms with Crippen LogP contribution in [-0.4, -0.2) is 48.8 Å². The van der Waals surface area contributed by atoms with E-state index in [0.717, 1.165) is 0 Å². The van der Waals surface area contributed by atoms with Gasteiger partial charge in [-0.1, -0.05) is 12.1 Å². The van der Waals surface area contributed by atoms with Gasteiger partial charge in [0.1, 0.15) is 11.1 Å². The van der Waals surface area contributed by atoms with Gasteiger partial charge in [-0.25, -0.2) is 9.78 Å². The highest BCUT2D eigenvalue weighted by Crippen LogP contribution is 2.34. The number of morpholine rings is 1. The number of nitrogens with zero attached hydrogens (tertiary/aromatic N) is 3. The maximum absolute atomic E-state index is 12.3. The summed E-state index contributed by atoms with van der Waals surface area (Å²) in [5.41, 5.74) is 1.10. The molecule has 0 N–H and O–H groups in total. The van der Waals surface area contributed by atoms with Crippen molar-refractivity contribution in [2.75, 3.05) is 37.8 Å². The zero-order valence-electron chi connectivity index (χ0n) is 13.2. The molecular formula is C16H17N3O5. The number of carbonyl (C=O) groups excluding carboxylic acids is 1. The number of pyridine rings is 1. The van der Waals surface area contributed by atoms with Gasteiger partial charge >= 0.3 is 5.97 Å². The minimum absolute atomic E-state index is 0.0857. The van der Waals surface area contributed by atoms with E-state index in [9.17, 15) is 14.9 Å². The molecule has 1 aliphatic heterocycles. The van der Waals surface area contributed by atoms with Gasteiger partial charge < -0.3 is 14.4 Å². The van der Waals surface area contributed by atoms with Crippen LogP contribution in [-0.2, 0) is 9.47 Å². The minimum atomic E-state index is -0.486. The number of hydrogen-bond donors (Lipinski definition) is 0. The fourth-order valence-electron chi connectivity index (χ4n) is 2.83. The first-order chi connectivity index (χ1) is 11.6. The SMILES string of the molecule is CCOC(=O)c1cnc2c([N+](=O)[O-])cccc2c1N1CCOCC1. The van der Waals surface area contributed by atoms with E-state index in [1.807, 2.05) is 4.90 Å². The summed E-state index contributed by atoms with van der Waals surface area (Å²) < 4.78 is 10.5. The lowest BCUT2D eigenvalue weighted by atomic mass is 10.1. The molecule has 8 heteroatoms. The fourth-order valence-corrected chi connectivity index (χ4v) is 2.83. The molecule has 0 aliphatic carbocycles. The number of esters is 1. The second-order valence-corrected chi connectivity index (χ2v) is 5.27. The van der Waals surface area contributed by atoms with E-state index in [0.29, 0.717) is 42.9 Å². The Balaban J connectivity index is 2.23. The van der Waals surface area contributed by atoms with E-state index in [1.165, 1.54) is 12.3 Å². The molecule has 1 fully saturated rings. The number of ether oxygens (including phenoxy) is 2. The van der Waals surface area contributed by atoms with Crippen LogP contribution >= 0.6 is 0 Å². The molecule has 1 aromatic carbocycles. The molecule has 2 heterocycles. The molecule has 0 saturated carbocycles. The van der Waals surface area contributed by atoms with Crippen LogP contribution in [0.4, 0.5) is 11.4 Å². The number of nitro benzene ring substituents is 1.